The zero-order valence-corrected chi connectivity index (χ0v) is 11.0. The summed E-state index contributed by atoms with van der Waals surface area (Å²) in [5, 5.41) is 0. The highest BCUT2D eigenvalue weighted by Gasteiger charge is 2.14. The van der Waals surface area contributed by atoms with Gasteiger partial charge in [-0.15, -0.1) is 0 Å². The normalized spacial score (nSPS) is 11.6. The lowest BCUT2D eigenvalue weighted by molar-refractivity contribution is -0.148. The van der Waals surface area contributed by atoms with Crippen LogP contribution in [-0.4, -0.2) is 18.7 Å². The van der Waals surface area contributed by atoms with Gasteiger partial charge in [0.1, 0.15) is 17.2 Å². The molecule has 0 amide bonds. The van der Waals surface area contributed by atoms with Gasteiger partial charge in [0.15, 0.2) is 0 Å². The summed E-state index contributed by atoms with van der Waals surface area (Å²) in [5.74, 6) is -0.600. The van der Waals surface area contributed by atoms with Crippen molar-refractivity contribution in [1.82, 2.24) is 0 Å². The molecule has 0 fully saturated rings. The van der Waals surface area contributed by atoms with Crippen LogP contribution in [-0.2, 0) is 9.53 Å². The summed E-state index contributed by atoms with van der Waals surface area (Å²) >= 11 is 0. The van der Waals surface area contributed by atoms with Crippen LogP contribution in [0, 0.1) is 5.82 Å². The Morgan fingerprint density at radius 1 is 1.33 bits per heavy atom. The summed E-state index contributed by atoms with van der Waals surface area (Å²) in [5.41, 5.74) is -0.341. The number of hydrogen-bond acceptors (Lipinski definition) is 3. The van der Waals surface area contributed by atoms with Gasteiger partial charge < -0.3 is 9.47 Å². The summed E-state index contributed by atoms with van der Waals surface area (Å²) in [4.78, 5) is 11.5. The first kappa shape index (κ1) is 14.2. The summed E-state index contributed by atoms with van der Waals surface area (Å²) in [6, 6.07) is 4.47. The largest absolute Gasteiger partial charge is 0.496 e. The van der Waals surface area contributed by atoms with Crippen molar-refractivity contribution < 1.29 is 18.7 Å². The van der Waals surface area contributed by atoms with E-state index < -0.39 is 17.4 Å². The number of esters is 1. The van der Waals surface area contributed by atoms with Gasteiger partial charge in [-0.1, -0.05) is 6.07 Å². The fourth-order valence-corrected chi connectivity index (χ4v) is 1.34. The number of methoxy groups -OCH3 is 1. The monoisotopic (exact) mass is 252 g/mol. The van der Waals surface area contributed by atoms with E-state index in [0.29, 0.717) is 5.75 Å². The van der Waals surface area contributed by atoms with Gasteiger partial charge in [-0.25, -0.2) is 9.18 Å². The molecule has 98 valence electrons. The molecule has 0 aliphatic heterocycles. The zero-order valence-electron chi connectivity index (χ0n) is 11.0. The maximum atomic E-state index is 13.5. The van der Waals surface area contributed by atoms with E-state index >= 15 is 0 Å². The molecule has 1 aromatic rings. The fraction of sp³-hybridized carbons (Fsp3) is 0.357. The third-order valence-electron chi connectivity index (χ3n) is 2.03. The predicted molar refractivity (Wildman–Crippen MR) is 67.8 cm³/mol. The van der Waals surface area contributed by atoms with Crippen LogP contribution in [0.2, 0.25) is 0 Å². The molecule has 0 heterocycles. The second-order valence-corrected chi connectivity index (χ2v) is 4.72. The number of rotatable bonds is 3. The lowest BCUT2D eigenvalue weighted by Gasteiger charge is -2.17. The van der Waals surface area contributed by atoms with Crippen molar-refractivity contribution in [2.24, 2.45) is 0 Å². The third-order valence-corrected chi connectivity index (χ3v) is 2.03. The Labute approximate surface area is 106 Å². The standard InChI is InChI=1S/C14H17FO3/c1-14(2,3)18-13(16)9-8-10-11(15)6-5-7-12(10)17-4/h5-9H,1-4H3/b9-8+. The van der Waals surface area contributed by atoms with Crippen molar-refractivity contribution in [3.05, 3.63) is 35.7 Å². The van der Waals surface area contributed by atoms with E-state index in [2.05, 4.69) is 0 Å². The average molecular weight is 252 g/mol. The summed E-state index contributed by atoms with van der Waals surface area (Å²) in [6.45, 7) is 5.30. The fourth-order valence-electron chi connectivity index (χ4n) is 1.34. The van der Waals surface area contributed by atoms with Crippen LogP contribution in [0.25, 0.3) is 6.08 Å². The lowest BCUT2D eigenvalue weighted by Crippen LogP contribution is -2.22. The third kappa shape index (κ3) is 4.20. The first-order chi connectivity index (χ1) is 8.33. The van der Waals surface area contributed by atoms with Gasteiger partial charge in [0.25, 0.3) is 0 Å². The molecule has 0 N–H and O–H groups in total. The van der Waals surface area contributed by atoms with E-state index in [0.717, 1.165) is 0 Å². The molecule has 0 radical (unpaired) electrons. The van der Waals surface area contributed by atoms with Crippen LogP contribution in [0.15, 0.2) is 24.3 Å². The van der Waals surface area contributed by atoms with Crippen molar-refractivity contribution in [2.45, 2.75) is 26.4 Å². The molecule has 0 saturated carbocycles. The van der Waals surface area contributed by atoms with Gasteiger partial charge in [-0.2, -0.15) is 0 Å². The van der Waals surface area contributed by atoms with Crippen molar-refractivity contribution in [1.29, 1.82) is 0 Å². The molecular weight excluding hydrogens is 235 g/mol. The highest BCUT2D eigenvalue weighted by atomic mass is 19.1. The second kappa shape index (κ2) is 5.67. The molecule has 0 aromatic heterocycles. The molecule has 0 unspecified atom stereocenters. The minimum Gasteiger partial charge on any atom is -0.496 e. The Balaban J connectivity index is 2.88. The number of benzene rings is 1. The highest BCUT2D eigenvalue weighted by molar-refractivity contribution is 5.87. The first-order valence-electron chi connectivity index (χ1n) is 5.57. The SMILES string of the molecule is COc1cccc(F)c1/C=C/C(=O)OC(C)(C)C. The molecule has 18 heavy (non-hydrogen) atoms. The van der Waals surface area contributed by atoms with Crippen LogP contribution in [0.4, 0.5) is 4.39 Å². The molecule has 0 bridgehead atoms. The number of carbonyl (C=O) groups excluding carboxylic acids is 1. The van der Waals surface area contributed by atoms with Gasteiger partial charge >= 0.3 is 5.97 Å². The maximum absolute atomic E-state index is 13.5. The zero-order chi connectivity index (χ0) is 13.8. The minimum absolute atomic E-state index is 0.228. The quantitative estimate of drug-likeness (QED) is 0.612. The molecule has 0 atom stereocenters. The van der Waals surface area contributed by atoms with Crippen LogP contribution in [0.5, 0.6) is 5.75 Å². The maximum Gasteiger partial charge on any atom is 0.331 e. The molecule has 0 spiro atoms. The average Bonchev–Trinajstić information content (AvgIpc) is 2.24. The molecular formula is C14H17FO3. The van der Waals surface area contributed by atoms with E-state index in [-0.39, 0.29) is 5.56 Å². The Bertz CT molecular complexity index is 459. The molecule has 3 nitrogen and oxygen atoms in total. The van der Waals surface area contributed by atoms with E-state index in [9.17, 15) is 9.18 Å². The first-order valence-corrected chi connectivity index (χ1v) is 5.57. The van der Waals surface area contributed by atoms with E-state index in [1.807, 2.05) is 0 Å². The van der Waals surface area contributed by atoms with Gasteiger partial charge in [0.2, 0.25) is 0 Å². The Morgan fingerprint density at radius 3 is 2.56 bits per heavy atom. The minimum atomic E-state index is -0.569. The Morgan fingerprint density at radius 2 is 2.00 bits per heavy atom. The summed E-state index contributed by atoms with van der Waals surface area (Å²) < 4.78 is 23.6. The van der Waals surface area contributed by atoms with Crippen molar-refractivity contribution in [3.8, 4) is 5.75 Å². The van der Waals surface area contributed by atoms with Crippen molar-refractivity contribution in [3.63, 3.8) is 0 Å². The molecule has 0 saturated heterocycles. The van der Waals surface area contributed by atoms with Gasteiger partial charge in [-0.3, -0.25) is 0 Å². The molecule has 0 aliphatic rings. The molecule has 0 aliphatic carbocycles. The highest BCUT2D eigenvalue weighted by Crippen LogP contribution is 2.22. The van der Waals surface area contributed by atoms with Crippen LogP contribution in [0.1, 0.15) is 26.3 Å². The predicted octanol–water partition coefficient (Wildman–Crippen LogP) is 3.19. The Kier molecular flexibility index (Phi) is 4.48. The van der Waals surface area contributed by atoms with Crippen LogP contribution < -0.4 is 4.74 Å². The van der Waals surface area contributed by atoms with E-state index in [4.69, 9.17) is 9.47 Å². The lowest BCUT2D eigenvalue weighted by atomic mass is 10.1. The summed E-state index contributed by atoms with van der Waals surface area (Å²) in [6.07, 6.45) is 2.54. The number of hydrogen-bond donors (Lipinski definition) is 0. The smallest absolute Gasteiger partial charge is 0.331 e. The van der Waals surface area contributed by atoms with Crippen LogP contribution >= 0.6 is 0 Å². The number of halogens is 1. The van der Waals surface area contributed by atoms with Crippen molar-refractivity contribution in [2.75, 3.05) is 7.11 Å². The molecule has 1 rings (SSSR count). The Hall–Kier alpha value is -1.84. The van der Waals surface area contributed by atoms with Crippen molar-refractivity contribution >= 4 is 12.0 Å². The van der Waals surface area contributed by atoms with Gasteiger partial charge in [-0.05, 0) is 39.0 Å². The van der Waals surface area contributed by atoms with Gasteiger partial charge in [0.05, 0.1) is 12.7 Å². The number of carbonyl (C=O) groups is 1. The second-order valence-electron chi connectivity index (χ2n) is 4.72. The molecule has 1 aromatic carbocycles. The topological polar surface area (TPSA) is 35.5 Å². The van der Waals surface area contributed by atoms with Gasteiger partial charge in [0, 0.05) is 6.08 Å². The molecule has 4 heteroatoms. The summed E-state index contributed by atoms with van der Waals surface area (Å²) in [7, 11) is 1.44. The van der Waals surface area contributed by atoms with Crippen LogP contribution in [0.3, 0.4) is 0 Å². The van der Waals surface area contributed by atoms with E-state index in [1.54, 1.807) is 32.9 Å². The van der Waals surface area contributed by atoms with E-state index in [1.165, 1.54) is 25.3 Å². The number of ether oxygens (including phenoxy) is 2.